The van der Waals surface area contributed by atoms with Crippen LogP contribution in [0.2, 0.25) is 0 Å². The van der Waals surface area contributed by atoms with E-state index >= 15 is 0 Å². The van der Waals surface area contributed by atoms with Crippen LogP contribution < -0.4 is 0 Å². The minimum absolute atomic E-state index is 0.0739. The highest BCUT2D eigenvalue weighted by Gasteiger charge is 2.48. The maximum atomic E-state index is 13.3. The van der Waals surface area contributed by atoms with Crippen LogP contribution in [0, 0.1) is 10.8 Å². The van der Waals surface area contributed by atoms with Gasteiger partial charge in [-0.1, -0.05) is 27.7 Å². The molecule has 0 spiro atoms. The third kappa shape index (κ3) is 3.44. The minimum Gasteiger partial charge on any atom is -0.506 e. The third-order valence-electron chi connectivity index (χ3n) is 6.09. The molecule has 0 unspecified atom stereocenters. The molecule has 160 valence electrons. The molecule has 2 N–H and O–H groups in total. The number of carbonyl (C=O) groups is 2. The molecule has 7 heteroatoms. The molecule has 0 atom stereocenters. The number of aromatic hydroxyl groups is 2. The number of ketones is 2. The zero-order chi connectivity index (χ0) is 22.2. The Morgan fingerprint density at radius 3 is 1.80 bits per heavy atom. The Hall–Kier alpha value is -1.60. The summed E-state index contributed by atoms with van der Waals surface area (Å²) < 4.78 is 6.73. The standard InChI is InChI=1S/C23H24Br2O5/c1-22(2)6-12(26)17-14(8-22)30-15-9-23(3,4)7-13(27)18(15)16(17)10-5-11(24)21(29)19(25)20(10)28/h5,16,28-29H,6-9H2,1-4H3. The molecule has 5 nitrogen and oxygen atoms in total. The molecule has 0 saturated carbocycles. The van der Waals surface area contributed by atoms with E-state index < -0.39 is 5.92 Å². The fourth-order valence-electron chi connectivity index (χ4n) is 4.82. The van der Waals surface area contributed by atoms with E-state index in [1.807, 2.05) is 27.7 Å². The average Bonchev–Trinajstić information content (AvgIpc) is 2.59. The highest BCUT2D eigenvalue weighted by Crippen LogP contribution is 2.56. The zero-order valence-corrected chi connectivity index (χ0v) is 20.5. The Morgan fingerprint density at radius 2 is 1.33 bits per heavy atom. The van der Waals surface area contributed by atoms with Gasteiger partial charge in [-0.2, -0.15) is 0 Å². The van der Waals surface area contributed by atoms with Gasteiger partial charge >= 0.3 is 0 Å². The molecule has 0 fully saturated rings. The number of carbonyl (C=O) groups excluding carboxylic acids is 2. The second-order valence-corrected chi connectivity index (χ2v) is 11.7. The van der Waals surface area contributed by atoms with Crippen molar-refractivity contribution in [1.29, 1.82) is 0 Å². The van der Waals surface area contributed by atoms with E-state index in [4.69, 9.17) is 4.74 Å². The van der Waals surface area contributed by atoms with Crippen LogP contribution >= 0.6 is 31.9 Å². The lowest BCUT2D eigenvalue weighted by Crippen LogP contribution is -2.37. The van der Waals surface area contributed by atoms with Gasteiger partial charge in [0.15, 0.2) is 11.6 Å². The molecular weight excluding hydrogens is 516 g/mol. The molecule has 1 aromatic carbocycles. The zero-order valence-electron chi connectivity index (χ0n) is 17.4. The Kier molecular flexibility index (Phi) is 5.01. The predicted octanol–water partition coefficient (Wildman–Crippen LogP) is 6.02. The molecule has 0 aromatic heterocycles. The van der Waals surface area contributed by atoms with Crippen molar-refractivity contribution in [2.75, 3.05) is 0 Å². The van der Waals surface area contributed by atoms with Crippen LogP contribution in [-0.2, 0) is 14.3 Å². The number of phenols is 2. The van der Waals surface area contributed by atoms with Gasteiger partial charge in [-0.3, -0.25) is 9.59 Å². The van der Waals surface area contributed by atoms with Crippen molar-refractivity contribution in [2.24, 2.45) is 10.8 Å². The quantitative estimate of drug-likeness (QED) is 0.455. The second kappa shape index (κ2) is 6.95. The van der Waals surface area contributed by atoms with Gasteiger partial charge in [-0.05, 0) is 48.8 Å². The van der Waals surface area contributed by atoms with E-state index in [0.29, 0.717) is 58.4 Å². The van der Waals surface area contributed by atoms with Crippen LogP contribution in [-0.4, -0.2) is 21.8 Å². The maximum Gasteiger partial charge on any atom is 0.163 e. The number of Topliss-reactive ketones (excluding diaryl/α,β-unsaturated/α-hetero) is 2. The fourth-order valence-corrected chi connectivity index (χ4v) is 5.98. The summed E-state index contributed by atoms with van der Waals surface area (Å²) in [7, 11) is 0. The van der Waals surface area contributed by atoms with Gasteiger partial charge in [0.1, 0.15) is 27.5 Å². The lowest BCUT2D eigenvalue weighted by Gasteiger charge is -2.42. The number of benzene rings is 1. The summed E-state index contributed by atoms with van der Waals surface area (Å²) in [6, 6.07) is 1.58. The van der Waals surface area contributed by atoms with Gasteiger partial charge in [0.25, 0.3) is 0 Å². The van der Waals surface area contributed by atoms with Crippen molar-refractivity contribution in [1.82, 2.24) is 0 Å². The lowest BCUT2D eigenvalue weighted by atomic mass is 9.65. The summed E-state index contributed by atoms with van der Waals surface area (Å²) in [6.07, 6.45) is 1.85. The molecule has 1 aromatic rings. The van der Waals surface area contributed by atoms with Crippen LogP contribution in [0.3, 0.4) is 0 Å². The number of hydrogen-bond donors (Lipinski definition) is 2. The van der Waals surface area contributed by atoms with Gasteiger partial charge in [-0.25, -0.2) is 0 Å². The van der Waals surface area contributed by atoms with Crippen molar-refractivity contribution < 1.29 is 24.5 Å². The van der Waals surface area contributed by atoms with Crippen molar-refractivity contribution >= 4 is 43.4 Å². The monoisotopic (exact) mass is 538 g/mol. The lowest BCUT2D eigenvalue weighted by molar-refractivity contribution is -0.120. The number of allylic oxidation sites excluding steroid dienone is 4. The van der Waals surface area contributed by atoms with Crippen LogP contribution in [0.5, 0.6) is 11.5 Å². The predicted molar refractivity (Wildman–Crippen MR) is 119 cm³/mol. The number of halogens is 2. The van der Waals surface area contributed by atoms with Gasteiger partial charge in [0.05, 0.1) is 10.4 Å². The topological polar surface area (TPSA) is 83.8 Å². The number of phenolic OH excluding ortho intramolecular Hbond substituents is 2. The Balaban J connectivity index is 2.00. The fraction of sp³-hybridized carbons (Fsp3) is 0.478. The first kappa shape index (κ1) is 21.6. The first-order valence-corrected chi connectivity index (χ1v) is 11.5. The van der Waals surface area contributed by atoms with Crippen molar-refractivity contribution in [3.8, 4) is 11.5 Å². The van der Waals surface area contributed by atoms with E-state index in [9.17, 15) is 19.8 Å². The summed E-state index contributed by atoms with van der Waals surface area (Å²) in [5, 5.41) is 21.1. The van der Waals surface area contributed by atoms with Gasteiger partial charge in [-0.15, -0.1) is 0 Å². The molecule has 0 radical (unpaired) electrons. The SMILES string of the molecule is CC1(C)CC(=O)C2=C(C1)OC1=C(C(=O)CC(C)(C)C1)C2c1cc(Br)c(O)c(Br)c1O. The molecule has 30 heavy (non-hydrogen) atoms. The summed E-state index contributed by atoms with van der Waals surface area (Å²) in [5.41, 5.74) is 0.799. The van der Waals surface area contributed by atoms with E-state index in [-0.39, 0.29) is 38.4 Å². The van der Waals surface area contributed by atoms with Crippen LogP contribution in [0.1, 0.15) is 64.9 Å². The maximum absolute atomic E-state index is 13.3. The van der Waals surface area contributed by atoms with Crippen LogP contribution in [0.15, 0.2) is 37.7 Å². The van der Waals surface area contributed by atoms with E-state index in [0.717, 1.165) is 0 Å². The molecule has 2 aliphatic carbocycles. The van der Waals surface area contributed by atoms with Gasteiger partial charge in [0.2, 0.25) is 0 Å². The summed E-state index contributed by atoms with van der Waals surface area (Å²) in [4.78, 5) is 26.5. The summed E-state index contributed by atoms with van der Waals surface area (Å²) >= 11 is 6.54. The highest BCUT2D eigenvalue weighted by molar-refractivity contribution is 9.11. The molecule has 4 rings (SSSR count). The van der Waals surface area contributed by atoms with Crippen LogP contribution in [0.25, 0.3) is 0 Å². The Labute approximate surface area is 192 Å². The molecule has 1 aliphatic heterocycles. The van der Waals surface area contributed by atoms with Gasteiger partial charge < -0.3 is 14.9 Å². The van der Waals surface area contributed by atoms with E-state index in [1.54, 1.807) is 6.07 Å². The Bertz CT molecular complexity index is 1010. The van der Waals surface area contributed by atoms with Crippen molar-refractivity contribution in [3.63, 3.8) is 0 Å². The first-order chi connectivity index (χ1) is 13.8. The molecule has 0 saturated heterocycles. The molecule has 0 amide bonds. The third-order valence-corrected chi connectivity index (χ3v) is 7.45. The largest absolute Gasteiger partial charge is 0.506 e. The second-order valence-electron chi connectivity index (χ2n) is 10.0. The summed E-state index contributed by atoms with van der Waals surface area (Å²) in [6.45, 7) is 8.10. The number of rotatable bonds is 1. The van der Waals surface area contributed by atoms with E-state index in [1.165, 1.54) is 0 Å². The van der Waals surface area contributed by atoms with E-state index in [2.05, 4.69) is 31.9 Å². The highest BCUT2D eigenvalue weighted by atomic mass is 79.9. The van der Waals surface area contributed by atoms with Gasteiger partial charge in [0, 0.05) is 42.4 Å². The summed E-state index contributed by atoms with van der Waals surface area (Å²) in [5.74, 6) is -0.0135. The number of hydrogen-bond acceptors (Lipinski definition) is 5. The van der Waals surface area contributed by atoms with Crippen molar-refractivity contribution in [3.05, 3.63) is 43.2 Å². The molecular formula is C23H24Br2O5. The molecule has 0 bridgehead atoms. The molecule has 1 heterocycles. The number of ether oxygens (including phenoxy) is 1. The molecule has 3 aliphatic rings. The first-order valence-electron chi connectivity index (χ1n) is 9.91. The van der Waals surface area contributed by atoms with Crippen LogP contribution in [0.4, 0.5) is 0 Å². The normalized spacial score (nSPS) is 23.3. The average molecular weight is 540 g/mol. The minimum atomic E-state index is -0.718. The smallest absolute Gasteiger partial charge is 0.163 e. The van der Waals surface area contributed by atoms with Crippen molar-refractivity contribution in [2.45, 2.75) is 59.3 Å². The Morgan fingerprint density at radius 1 is 0.867 bits per heavy atom.